The highest BCUT2D eigenvalue weighted by atomic mass is 15.2. The molecule has 0 spiro atoms. The average Bonchev–Trinajstić information content (AvgIpc) is 2.57. The third-order valence-corrected chi connectivity index (χ3v) is 3.70. The lowest BCUT2D eigenvalue weighted by Gasteiger charge is -2.25. The van der Waals surface area contributed by atoms with Crippen molar-refractivity contribution in [3.05, 3.63) is 29.6 Å². The van der Waals surface area contributed by atoms with Crippen molar-refractivity contribution >= 4 is 0 Å². The molecule has 3 nitrogen and oxygen atoms in total. The van der Waals surface area contributed by atoms with Gasteiger partial charge in [-0.15, -0.1) is 0 Å². The molecule has 1 saturated heterocycles. The number of pyridine rings is 1. The molecule has 0 bridgehead atoms. The molecule has 1 aromatic heterocycles. The quantitative estimate of drug-likeness (QED) is 0.903. The van der Waals surface area contributed by atoms with Crippen LogP contribution in [0.1, 0.15) is 37.9 Å². The van der Waals surface area contributed by atoms with Gasteiger partial charge in [-0.1, -0.05) is 19.9 Å². The maximum absolute atomic E-state index is 4.39. The van der Waals surface area contributed by atoms with Gasteiger partial charge in [-0.3, -0.25) is 9.88 Å². The zero-order valence-corrected chi connectivity index (χ0v) is 12.5. The van der Waals surface area contributed by atoms with Gasteiger partial charge in [0.1, 0.15) is 0 Å². The molecule has 0 radical (unpaired) electrons. The highest BCUT2D eigenvalue weighted by Gasteiger charge is 2.18. The van der Waals surface area contributed by atoms with Crippen LogP contribution in [0.4, 0.5) is 0 Å². The summed E-state index contributed by atoms with van der Waals surface area (Å²) >= 11 is 0. The van der Waals surface area contributed by atoms with E-state index in [9.17, 15) is 0 Å². The van der Waals surface area contributed by atoms with Gasteiger partial charge < -0.3 is 5.32 Å². The number of hydrogen-bond acceptors (Lipinski definition) is 3. The molecular formula is C16H27N3. The van der Waals surface area contributed by atoms with Gasteiger partial charge in [0.15, 0.2) is 0 Å². The zero-order chi connectivity index (χ0) is 13.7. The van der Waals surface area contributed by atoms with Crippen LogP contribution in [0.15, 0.2) is 18.3 Å². The molecule has 2 heterocycles. The molecular weight excluding hydrogens is 234 g/mol. The molecule has 19 heavy (non-hydrogen) atoms. The molecule has 0 amide bonds. The van der Waals surface area contributed by atoms with E-state index in [1.165, 1.54) is 24.9 Å². The second kappa shape index (κ2) is 7.01. The highest BCUT2D eigenvalue weighted by Crippen LogP contribution is 2.12. The van der Waals surface area contributed by atoms with E-state index in [-0.39, 0.29) is 0 Å². The molecule has 1 aromatic rings. The maximum atomic E-state index is 4.39. The number of nitrogens with zero attached hydrogens (tertiary/aromatic N) is 2. The van der Waals surface area contributed by atoms with Crippen molar-refractivity contribution in [2.75, 3.05) is 19.6 Å². The highest BCUT2D eigenvalue weighted by molar-refractivity contribution is 5.13. The van der Waals surface area contributed by atoms with Gasteiger partial charge in [0.05, 0.1) is 0 Å². The van der Waals surface area contributed by atoms with Crippen LogP contribution in [-0.4, -0.2) is 35.6 Å². The summed E-state index contributed by atoms with van der Waals surface area (Å²) in [7, 11) is 0. The van der Waals surface area contributed by atoms with E-state index < -0.39 is 0 Å². The molecule has 1 aliphatic heterocycles. The van der Waals surface area contributed by atoms with Crippen molar-refractivity contribution in [2.24, 2.45) is 5.92 Å². The van der Waals surface area contributed by atoms with Crippen LogP contribution < -0.4 is 5.32 Å². The molecule has 1 unspecified atom stereocenters. The molecule has 3 heteroatoms. The summed E-state index contributed by atoms with van der Waals surface area (Å²) in [6, 6.07) is 4.95. The Balaban J connectivity index is 1.92. The zero-order valence-electron chi connectivity index (χ0n) is 12.5. The van der Waals surface area contributed by atoms with E-state index in [0.29, 0.717) is 6.04 Å². The van der Waals surface area contributed by atoms with E-state index in [1.807, 2.05) is 13.1 Å². The first-order valence-electron chi connectivity index (χ1n) is 7.51. The monoisotopic (exact) mass is 261 g/mol. The van der Waals surface area contributed by atoms with Crippen LogP contribution in [-0.2, 0) is 6.54 Å². The van der Waals surface area contributed by atoms with Crippen molar-refractivity contribution in [1.82, 2.24) is 15.2 Å². The Morgan fingerprint density at radius 3 is 2.95 bits per heavy atom. The lowest BCUT2D eigenvalue weighted by atomic mass is 10.0. The number of rotatable bonds is 4. The maximum Gasteiger partial charge on any atom is 0.0372 e. The fourth-order valence-electron chi connectivity index (χ4n) is 2.80. The molecule has 0 saturated carbocycles. The molecule has 2 rings (SSSR count). The second-order valence-corrected chi connectivity index (χ2v) is 6.18. The topological polar surface area (TPSA) is 28.2 Å². The van der Waals surface area contributed by atoms with E-state index in [0.717, 1.165) is 31.2 Å². The number of nitrogens with one attached hydrogen (secondary N) is 1. The van der Waals surface area contributed by atoms with E-state index in [4.69, 9.17) is 0 Å². The number of aryl methyl sites for hydroxylation is 1. The van der Waals surface area contributed by atoms with Crippen LogP contribution in [0.3, 0.4) is 0 Å². The van der Waals surface area contributed by atoms with Gasteiger partial charge in [0.2, 0.25) is 0 Å². The Labute approximate surface area is 117 Å². The van der Waals surface area contributed by atoms with Gasteiger partial charge in [-0.05, 0) is 50.4 Å². The fraction of sp³-hybridized carbons (Fsp3) is 0.688. The standard InChI is InChI=1S/C16H27N3/c1-13(2)9-16-12-19(8-4-7-17-16)11-15-6-5-14(3)18-10-15/h5-6,10,13,16-17H,4,7-9,11-12H2,1-3H3. The minimum atomic E-state index is 0.640. The van der Waals surface area contributed by atoms with Gasteiger partial charge in [-0.2, -0.15) is 0 Å². The summed E-state index contributed by atoms with van der Waals surface area (Å²) in [6.45, 7) is 11.2. The minimum Gasteiger partial charge on any atom is -0.313 e. The third kappa shape index (κ3) is 4.92. The lowest BCUT2D eigenvalue weighted by Crippen LogP contribution is -2.38. The van der Waals surface area contributed by atoms with Crippen molar-refractivity contribution in [3.8, 4) is 0 Å². The van der Waals surface area contributed by atoms with Crippen molar-refractivity contribution in [1.29, 1.82) is 0 Å². The summed E-state index contributed by atoms with van der Waals surface area (Å²) in [5.74, 6) is 0.762. The van der Waals surface area contributed by atoms with Crippen LogP contribution in [0.25, 0.3) is 0 Å². The summed E-state index contributed by atoms with van der Waals surface area (Å²) in [6.07, 6.45) is 4.53. The molecule has 0 aromatic carbocycles. The van der Waals surface area contributed by atoms with Crippen molar-refractivity contribution < 1.29 is 0 Å². The van der Waals surface area contributed by atoms with Crippen molar-refractivity contribution in [2.45, 2.75) is 46.2 Å². The Kier molecular flexibility index (Phi) is 5.34. The predicted molar refractivity (Wildman–Crippen MR) is 80.1 cm³/mol. The van der Waals surface area contributed by atoms with Gasteiger partial charge in [0, 0.05) is 31.0 Å². The summed E-state index contributed by atoms with van der Waals surface area (Å²) in [5.41, 5.74) is 2.43. The van der Waals surface area contributed by atoms with E-state index in [2.05, 4.69) is 41.2 Å². The number of hydrogen-bond donors (Lipinski definition) is 1. The van der Waals surface area contributed by atoms with Crippen LogP contribution in [0.2, 0.25) is 0 Å². The largest absolute Gasteiger partial charge is 0.313 e. The van der Waals surface area contributed by atoms with E-state index >= 15 is 0 Å². The van der Waals surface area contributed by atoms with Gasteiger partial charge in [-0.25, -0.2) is 0 Å². The fourth-order valence-corrected chi connectivity index (χ4v) is 2.80. The molecule has 1 N–H and O–H groups in total. The van der Waals surface area contributed by atoms with Crippen LogP contribution in [0.5, 0.6) is 0 Å². The average molecular weight is 261 g/mol. The molecule has 1 fully saturated rings. The Hall–Kier alpha value is -0.930. The summed E-state index contributed by atoms with van der Waals surface area (Å²) in [4.78, 5) is 6.96. The molecule has 106 valence electrons. The van der Waals surface area contributed by atoms with E-state index in [1.54, 1.807) is 0 Å². The minimum absolute atomic E-state index is 0.640. The molecule has 1 aliphatic rings. The smallest absolute Gasteiger partial charge is 0.0372 e. The van der Waals surface area contributed by atoms with Crippen LogP contribution >= 0.6 is 0 Å². The van der Waals surface area contributed by atoms with Gasteiger partial charge >= 0.3 is 0 Å². The van der Waals surface area contributed by atoms with Crippen molar-refractivity contribution in [3.63, 3.8) is 0 Å². The molecule has 0 aliphatic carbocycles. The number of aromatic nitrogens is 1. The Morgan fingerprint density at radius 1 is 1.42 bits per heavy atom. The normalized spacial score (nSPS) is 21.6. The molecule has 1 atom stereocenters. The first-order chi connectivity index (χ1) is 9.13. The first-order valence-corrected chi connectivity index (χ1v) is 7.51. The first kappa shape index (κ1) is 14.5. The predicted octanol–water partition coefficient (Wildman–Crippen LogP) is 2.60. The van der Waals surface area contributed by atoms with Crippen LogP contribution in [0, 0.1) is 12.8 Å². The SMILES string of the molecule is Cc1ccc(CN2CCCNC(CC(C)C)C2)cn1. The second-order valence-electron chi connectivity index (χ2n) is 6.18. The lowest BCUT2D eigenvalue weighted by molar-refractivity contribution is 0.247. The third-order valence-electron chi connectivity index (χ3n) is 3.70. The Bertz CT molecular complexity index is 372. The Morgan fingerprint density at radius 2 is 2.26 bits per heavy atom. The summed E-state index contributed by atoms with van der Waals surface area (Å²) < 4.78 is 0. The van der Waals surface area contributed by atoms with Gasteiger partial charge in [0.25, 0.3) is 0 Å². The summed E-state index contributed by atoms with van der Waals surface area (Å²) in [5, 5.41) is 3.68.